The predicted molar refractivity (Wildman–Crippen MR) is 36.2 cm³/mol. The molecule has 1 aliphatic heterocycles. The molecule has 1 heterocycles. The third-order valence-corrected chi connectivity index (χ3v) is 1.59. The van der Waals surface area contributed by atoms with Crippen molar-refractivity contribution in [2.24, 2.45) is 10.9 Å². The van der Waals surface area contributed by atoms with Gasteiger partial charge in [-0.2, -0.15) is 4.99 Å². The highest BCUT2D eigenvalue weighted by atomic mass is 16.5. The number of carbonyl (C=O) groups excluding carboxylic acids is 1. The zero-order valence-electron chi connectivity index (χ0n) is 5.67. The highest BCUT2D eigenvalue weighted by Crippen LogP contribution is 2.19. The first-order chi connectivity index (χ1) is 4.84. The Bertz CT molecular complexity index is 176. The third kappa shape index (κ3) is 1.53. The summed E-state index contributed by atoms with van der Waals surface area (Å²) in [6.45, 7) is 5.01. The molecule has 1 atom stereocenters. The number of aliphatic imine (C=N–C) groups is 1. The van der Waals surface area contributed by atoms with E-state index >= 15 is 0 Å². The molecule has 0 aromatic carbocycles. The molecule has 0 radical (unpaired) electrons. The summed E-state index contributed by atoms with van der Waals surface area (Å²) in [6, 6.07) is 0. The molecule has 54 valence electrons. The van der Waals surface area contributed by atoms with Crippen molar-refractivity contribution in [2.45, 2.75) is 6.42 Å². The largest absolute Gasteiger partial charge is 0.381 e. The van der Waals surface area contributed by atoms with Crippen LogP contribution in [0.1, 0.15) is 6.42 Å². The van der Waals surface area contributed by atoms with Gasteiger partial charge in [0.1, 0.15) is 0 Å². The lowest BCUT2D eigenvalue weighted by molar-refractivity contribution is 0.190. The number of isocyanates is 1. The van der Waals surface area contributed by atoms with Crippen LogP contribution in [-0.2, 0) is 9.53 Å². The molecule has 0 N–H and O–H groups in total. The van der Waals surface area contributed by atoms with Crippen LogP contribution in [0.4, 0.5) is 0 Å². The van der Waals surface area contributed by atoms with Crippen LogP contribution in [0.2, 0.25) is 0 Å². The quantitative estimate of drug-likeness (QED) is 0.420. The van der Waals surface area contributed by atoms with Crippen molar-refractivity contribution in [1.82, 2.24) is 0 Å². The molecule has 3 nitrogen and oxygen atoms in total. The fourth-order valence-electron chi connectivity index (χ4n) is 0.947. The zero-order chi connectivity index (χ0) is 7.40. The molecule has 0 aromatic heterocycles. The minimum atomic E-state index is 0.237. The maximum atomic E-state index is 9.78. The maximum Gasteiger partial charge on any atom is 0.240 e. The smallest absolute Gasteiger partial charge is 0.240 e. The molecule has 1 unspecified atom stereocenters. The normalized spacial score (nSPS) is 23.8. The van der Waals surface area contributed by atoms with Crippen LogP contribution in [0.5, 0.6) is 0 Å². The topological polar surface area (TPSA) is 38.7 Å². The lowest BCUT2D eigenvalue weighted by Crippen LogP contribution is -1.99. The fourth-order valence-corrected chi connectivity index (χ4v) is 0.947. The second-order valence-corrected chi connectivity index (χ2v) is 2.25. The Hall–Kier alpha value is -0.920. The Balaban J connectivity index is 2.47. The maximum absolute atomic E-state index is 9.78. The minimum Gasteiger partial charge on any atom is -0.381 e. The van der Waals surface area contributed by atoms with E-state index in [1.54, 1.807) is 0 Å². The van der Waals surface area contributed by atoms with Crippen molar-refractivity contribution in [2.75, 3.05) is 13.2 Å². The molecule has 0 aliphatic carbocycles. The molecule has 1 fully saturated rings. The summed E-state index contributed by atoms with van der Waals surface area (Å²) < 4.78 is 5.07. The minimum absolute atomic E-state index is 0.237. The van der Waals surface area contributed by atoms with Gasteiger partial charge >= 0.3 is 0 Å². The molecule has 0 bridgehead atoms. The van der Waals surface area contributed by atoms with Gasteiger partial charge in [0.25, 0.3) is 0 Å². The van der Waals surface area contributed by atoms with E-state index < -0.39 is 0 Å². The number of hydrogen-bond acceptors (Lipinski definition) is 3. The fraction of sp³-hybridized carbons (Fsp3) is 0.571. The molecule has 0 saturated carbocycles. The predicted octanol–water partition coefficient (Wildman–Crippen LogP) is 0.872. The van der Waals surface area contributed by atoms with Crippen molar-refractivity contribution in [3.63, 3.8) is 0 Å². The average molecular weight is 139 g/mol. The van der Waals surface area contributed by atoms with Gasteiger partial charge in [-0.1, -0.05) is 6.58 Å². The lowest BCUT2D eigenvalue weighted by Gasteiger charge is -2.01. The molecule has 0 amide bonds. The number of rotatable bonds is 2. The highest BCUT2D eigenvalue weighted by molar-refractivity contribution is 5.36. The van der Waals surface area contributed by atoms with Gasteiger partial charge in [0, 0.05) is 12.5 Å². The molecule has 1 saturated heterocycles. The monoisotopic (exact) mass is 139 g/mol. The Labute approximate surface area is 59.4 Å². The van der Waals surface area contributed by atoms with Crippen LogP contribution in [-0.4, -0.2) is 19.3 Å². The van der Waals surface area contributed by atoms with Gasteiger partial charge in [-0.3, -0.25) is 0 Å². The first-order valence-electron chi connectivity index (χ1n) is 3.19. The van der Waals surface area contributed by atoms with Crippen LogP contribution < -0.4 is 0 Å². The second-order valence-electron chi connectivity index (χ2n) is 2.25. The van der Waals surface area contributed by atoms with Crippen LogP contribution in [0.15, 0.2) is 17.3 Å². The van der Waals surface area contributed by atoms with Gasteiger partial charge in [-0.25, -0.2) is 4.79 Å². The second kappa shape index (κ2) is 3.30. The summed E-state index contributed by atoms with van der Waals surface area (Å²) in [4.78, 5) is 13.2. The molecular formula is C7H9NO2. The molecule has 3 heteroatoms. The van der Waals surface area contributed by atoms with E-state index in [0.717, 1.165) is 13.0 Å². The van der Waals surface area contributed by atoms with E-state index in [2.05, 4.69) is 11.6 Å². The van der Waals surface area contributed by atoms with E-state index in [0.29, 0.717) is 12.3 Å². The molecular weight excluding hydrogens is 130 g/mol. The first kappa shape index (κ1) is 7.19. The summed E-state index contributed by atoms with van der Waals surface area (Å²) in [7, 11) is 0. The van der Waals surface area contributed by atoms with Crippen molar-refractivity contribution < 1.29 is 9.53 Å². The van der Waals surface area contributed by atoms with E-state index in [1.807, 2.05) is 0 Å². The van der Waals surface area contributed by atoms with Crippen LogP contribution in [0, 0.1) is 5.92 Å². The Morgan fingerprint density at radius 1 is 1.80 bits per heavy atom. The standard InChI is InChI=1S/C7H9NO2/c1-6(8-5-9)7-2-3-10-4-7/h7H,1-4H2. The highest BCUT2D eigenvalue weighted by Gasteiger charge is 2.17. The van der Waals surface area contributed by atoms with Gasteiger partial charge in [0.15, 0.2) is 0 Å². The number of nitrogens with zero attached hydrogens (tertiary/aromatic N) is 1. The number of ether oxygens (including phenoxy) is 1. The molecule has 1 rings (SSSR count). The Kier molecular flexibility index (Phi) is 2.37. The Morgan fingerprint density at radius 2 is 2.60 bits per heavy atom. The SMILES string of the molecule is C=C(N=C=O)C1CCOC1. The summed E-state index contributed by atoms with van der Waals surface area (Å²) in [6.07, 6.45) is 2.38. The summed E-state index contributed by atoms with van der Waals surface area (Å²) in [5, 5.41) is 0. The van der Waals surface area contributed by atoms with E-state index in [-0.39, 0.29) is 5.92 Å². The van der Waals surface area contributed by atoms with Crippen LogP contribution >= 0.6 is 0 Å². The third-order valence-electron chi connectivity index (χ3n) is 1.59. The molecule has 0 spiro atoms. The molecule has 0 aromatic rings. The van der Waals surface area contributed by atoms with Crippen molar-refractivity contribution in [3.8, 4) is 0 Å². The Morgan fingerprint density at radius 3 is 3.10 bits per heavy atom. The van der Waals surface area contributed by atoms with Crippen molar-refractivity contribution >= 4 is 6.08 Å². The van der Waals surface area contributed by atoms with E-state index in [9.17, 15) is 4.79 Å². The number of hydrogen-bond donors (Lipinski definition) is 0. The van der Waals surface area contributed by atoms with Crippen molar-refractivity contribution in [3.05, 3.63) is 12.3 Å². The van der Waals surface area contributed by atoms with Crippen LogP contribution in [0.25, 0.3) is 0 Å². The lowest BCUT2D eigenvalue weighted by atomic mass is 10.1. The van der Waals surface area contributed by atoms with E-state index in [4.69, 9.17) is 4.74 Å². The first-order valence-corrected chi connectivity index (χ1v) is 3.19. The van der Waals surface area contributed by atoms with Gasteiger partial charge in [-0.15, -0.1) is 0 Å². The van der Waals surface area contributed by atoms with Gasteiger partial charge in [0.05, 0.1) is 12.3 Å². The van der Waals surface area contributed by atoms with Gasteiger partial charge < -0.3 is 4.74 Å². The van der Waals surface area contributed by atoms with Gasteiger partial charge in [-0.05, 0) is 6.42 Å². The summed E-state index contributed by atoms with van der Waals surface area (Å²) in [5.74, 6) is 0.237. The summed E-state index contributed by atoms with van der Waals surface area (Å²) in [5.41, 5.74) is 0.590. The summed E-state index contributed by atoms with van der Waals surface area (Å²) >= 11 is 0. The molecule has 10 heavy (non-hydrogen) atoms. The van der Waals surface area contributed by atoms with E-state index in [1.165, 1.54) is 6.08 Å². The molecule has 1 aliphatic rings. The zero-order valence-corrected chi connectivity index (χ0v) is 5.67. The van der Waals surface area contributed by atoms with Crippen LogP contribution in [0.3, 0.4) is 0 Å². The average Bonchev–Trinajstić information content (AvgIpc) is 2.38. The van der Waals surface area contributed by atoms with Crippen molar-refractivity contribution in [1.29, 1.82) is 0 Å². The van der Waals surface area contributed by atoms with Gasteiger partial charge in [0.2, 0.25) is 6.08 Å².